The quantitative estimate of drug-likeness (QED) is 0.475. The molecule has 1 atom stereocenters. The first-order valence-electron chi connectivity index (χ1n) is 12.0. The number of nitriles is 1. The van der Waals surface area contributed by atoms with Crippen LogP contribution in [0.3, 0.4) is 0 Å². The number of sulfonamides is 1. The molecule has 4 rings (SSSR count). The zero-order valence-corrected chi connectivity index (χ0v) is 22.8. The third kappa shape index (κ3) is 5.34. The summed E-state index contributed by atoms with van der Waals surface area (Å²) >= 11 is 5.47. The van der Waals surface area contributed by atoms with Gasteiger partial charge in [-0.2, -0.15) is 5.26 Å². The summed E-state index contributed by atoms with van der Waals surface area (Å²) < 4.78 is 37.6. The van der Waals surface area contributed by atoms with Gasteiger partial charge in [-0.1, -0.05) is 26.0 Å². The van der Waals surface area contributed by atoms with Crippen molar-refractivity contribution in [3.63, 3.8) is 0 Å². The second-order valence-electron chi connectivity index (χ2n) is 10.0. The zero-order valence-electron chi connectivity index (χ0n) is 21.2. The number of hydrogen-bond donors (Lipinski definition) is 3. The summed E-state index contributed by atoms with van der Waals surface area (Å²) in [6.45, 7) is 6.39. The number of rotatable bonds is 5. The summed E-state index contributed by atoms with van der Waals surface area (Å²) in [4.78, 5) is 15.4. The van der Waals surface area contributed by atoms with Crippen molar-refractivity contribution in [1.29, 1.82) is 5.26 Å². The lowest BCUT2D eigenvalue weighted by Gasteiger charge is -2.44. The van der Waals surface area contributed by atoms with Gasteiger partial charge in [0.1, 0.15) is 11.6 Å². The number of nitrogens with one attached hydrogen (secondary N) is 2. The molecular weight excluding hydrogens is 525 g/mol. The molecule has 0 amide bonds. The number of halogens is 1. The number of primary sulfonamides is 1. The number of carbonyl (C=O) groups excluding carboxylic acids is 1. The summed E-state index contributed by atoms with van der Waals surface area (Å²) in [5.74, 6) is -0.954. The van der Waals surface area contributed by atoms with Crippen LogP contribution >= 0.6 is 12.2 Å². The molecule has 198 valence electrons. The number of ketones is 1. The molecule has 0 saturated heterocycles. The van der Waals surface area contributed by atoms with E-state index in [-0.39, 0.29) is 33.2 Å². The van der Waals surface area contributed by atoms with Gasteiger partial charge in [0.2, 0.25) is 10.0 Å². The number of thiocarbonyl (C=S) groups is 1. The Bertz CT molecular complexity index is 1510. The monoisotopic (exact) mass is 553 g/mol. The number of Topliss-reactive ketones (excluding diaryl/α,β-unsaturated/α-hetero) is 1. The number of nitrogens with two attached hydrogens (primary N) is 1. The number of benzene rings is 2. The van der Waals surface area contributed by atoms with Gasteiger partial charge >= 0.3 is 0 Å². The highest BCUT2D eigenvalue weighted by molar-refractivity contribution is 7.89. The van der Waals surface area contributed by atoms with Crippen molar-refractivity contribution in [2.24, 2.45) is 10.6 Å². The zero-order chi connectivity index (χ0) is 27.8. The van der Waals surface area contributed by atoms with Crippen LogP contribution in [0.15, 0.2) is 76.1 Å². The molecule has 2 aromatic rings. The van der Waals surface area contributed by atoms with Crippen LogP contribution in [0.1, 0.15) is 45.1 Å². The molecular formula is C27H28FN5O3S2. The van der Waals surface area contributed by atoms with E-state index in [9.17, 15) is 22.9 Å². The Morgan fingerprint density at radius 1 is 1.18 bits per heavy atom. The summed E-state index contributed by atoms with van der Waals surface area (Å²) in [5.41, 5.74) is 2.05. The molecule has 2 aliphatic rings. The molecule has 0 bridgehead atoms. The van der Waals surface area contributed by atoms with Crippen LogP contribution in [0, 0.1) is 22.6 Å². The minimum Gasteiger partial charge on any atom is -0.363 e. The van der Waals surface area contributed by atoms with E-state index < -0.39 is 21.8 Å². The van der Waals surface area contributed by atoms with E-state index in [2.05, 4.69) is 16.7 Å². The van der Waals surface area contributed by atoms with Gasteiger partial charge in [0.25, 0.3) is 0 Å². The summed E-state index contributed by atoms with van der Waals surface area (Å²) in [6.07, 6.45) is 0.763. The van der Waals surface area contributed by atoms with Gasteiger partial charge in [-0.3, -0.25) is 9.69 Å². The van der Waals surface area contributed by atoms with Crippen LogP contribution in [0.4, 0.5) is 10.1 Å². The maximum atomic E-state index is 13.8. The highest BCUT2D eigenvalue weighted by Gasteiger charge is 2.45. The second-order valence-corrected chi connectivity index (χ2v) is 12.0. The van der Waals surface area contributed by atoms with Gasteiger partial charge in [0.15, 0.2) is 10.9 Å². The number of hydrogen-bond acceptors (Lipinski definition) is 6. The lowest BCUT2D eigenvalue weighted by atomic mass is 9.68. The summed E-state index contributed by atoms with van der Waals surface area (Å²) in [6, 6.07) is 13.9. The first kappa shape index (κ1) is 27.4. The average Bonchev–Trinajstić information content (AvgIpc) is 2.83. The van der Waals surface area contributed by atoms with Crippen LogP contribution in [0.5, 0.6) is 0 Å². The van der Waals surface area contributed by atoms with Crippen molar-refractivity contribution in [2.45, 2.75) is 44.4 Å². The Kier molecular flexibility index (Phi) is 7.43. The Morgan fingerprint density at radius 2 is 1.82 bits per heavy atom. The number of carbonyl (C=O) groups is 1. The van der Waals surface area contributed by atoms with Crippen molar-refractivity contribution in [3.05, 3.63) is 82.6 Å². The van der Waals surface area contributed by atoms with Gasteiger partial charge in [-0.25, -0.2) is 17.9 Å². The van der Waals surface area contributed by atoms with E-state index in [0.717, 1.165) is 0 Å². The van der Waals surface area contributed by atoms with Crippen molar-refractivity contribution in [3.8, 4) is 6.07 Å². The van der Waals surface area contributed by atoms with E-state index in [4.69, 9.17) is 17.4 Å². The summed E-state index contributed by atoms with van der Waals surface area (Å²) in [7, 11) is -3.93. The molecule has 1 aliphatic carbocycles. The highest BCUT2D eigenvalue weighted by Crippen LogP contribution is 2.50. The normalized spacial score (nSPS) is 19.1. The standard InChI is InChI=1S/C27H28FN5O3S2/c1-4-31-26(37)32-25-20(15-29)23(16-5-7-17(28)8-6-16)24-21(13-27(2,3)14-22(24)34)33(25)18-9-11-19(12-10-18)38(30,35)36/h5-12,23H,4,13-14H2,1-3H3,(H2,30,35,36)(H2,31,32,37). The molecule has 1 aliphatic heterocycles. The van der Waals surface area contributed by atoms with Crippen LogP contribution in [-0.4, -0.2) is 25.9 Å². The van der Waals surface area contributed by atoms with Gasteiger partial charge < -0.3 is 10.6 Å². The number of anilines is 1. The molecule has 0 radical (unpaired) electrons. The van der Waals surface area contributed by atoms with Crippen LogP contribution in [0.25, 0.3) is 0 Å². The summed E-state index contributed by atoms with van der Waals surface area (Å²) in [5, 5.41) is 22.2. The van der Waals surface area contributed by atoms with E-state index in [1.807, 2.05) is 20.8 Å². The molecule has 4 N–H and O–H groups in total. The second kappa shape index (κ2) is 10.3. The first-order chi connectivity index (χ1) is 17.9. The largest absolute Gasteiger partial charge is 0.363 e. The topological polar surface area (TPSA) is 128 Å². The van der Waals surface area contributed by atoms with Crippen molar-refractivity contribution < 1.29 is 17.6 Å². The molecule has 0 spiro atoms. The lowest BCUT2D eigenvalue weighted by Crippen LogP contribution is -2.47. The van der Waals surface area contributed by atoms with Gasteiger partial charge in [-0.15, -0.1) is 0 Å². The Morgan fingerprint density at radius 3 is 2.37 bits per heavy atom. The highest BCUT2D eigenvalue weighted by atomic mass is 32.2. The number of nitrogens with zero attached hydrogens (tertiary/aromatic N) is 2. The van der Waals surface area contributed by atoms with E-state index >= 15 is 0 Å². The smallest absolute Gasteiger partial charge is 0.238 e. The van der Waals surface area contributed by atoms with Gasteiger partial charge in [0.05, 0.1) is 22.5 Å². The maximum absolute atomic E-state index is 13.8. The van der Waals surface area contributed by atoms with Crippen LogP contribution in [0.2, 0.25) is 0 Å². The molecule has 1 unspecified atom stereocenters. The molecule has 11 heteroatoms. The number of allylic oxidation sites excluding steroid dienone is 3. The molecule has 38 heavy (non-hydrogen) atoms. The predicted molar refractivity (Wildman–Crippen MR) is 147 cm³/mol. The third-order valence-corrected chi connectivity index (χ3v) is 7.71. The Labute approximate surface area is 227 Å². The Hall–Kier alpha value is -3.59. The third-order valence-electron chi connectivity index (χ3n) is 6.54. The fourth-order valence-electron chi connectivity index (χ4n) is 4.98. The minimum atomic E-state index is -3.93. The predicted octanol–water partition coefficient (Wildman–Crippen LogP) is 3.94. The van der Waals surface area contributed by atoms with Gasteiger partial charge in [0, 0.05) is 29.9 Å². The molecule has 0 fully saturated rings. The molecule has 0 aromatic heterocycles. The minimum absolute atomic E-state index is 0.0705. The SMILES string of the molecule is CCNC(=S)NC1=C(C#N)C(c2ccc(F)cc2)C2=C(CC(C)(C)CC2=O)N1c1ccc(S(N)(=O)=O)cc1. The van der Waals surface area contributed by atoms with Crippen molar-refractivity contribution in [1.82, 2.24) is 10.6 Å². The van der Waals surface area contributed by atoms with Crippen LogP contribution < -0.4 is 20.7 Å². The average molecular weight is 554 g/mol. The molecule has 2 aromatic carbocycles. The van der Waals surface area contributed by atoms with E-state index in [0.29, 0.717) is 41.3 Å². The maximum Gasteiger partial charge on any atom is 0.238 e. The van der Waals surface area contributed by atoms with Crippen molar-refractivity contribution >= 4 is 38.8 Å². The fraction of sp³-hybridized carbons (Fsp3) is 0.296. The first-order valence-corrected chi connectivity index (χ1v) is 14.0. The molecule has 1 heterocycles. The van der Waals surface area contributed by atoms with Gasteiger partial charge in [-0.05, 0) is 72.9 Å². The lowest BCUT2D eigenvalue weighted by molar-refractivity contribution is -0.118. The molecule has 8 nitrogen and oxygen atoms in total. The fourth-order valence-corrected chi connectivity index (χ4v) is 5.73. The van der Waals surface area contributed by atoms with E-state index in [1.54, 1.807) is 29.2 Å². The van der Waals surface area contributed by atoms with E-state index in [1.165, 1.54) is 24.3 Å². The van der Waals surface area contributed by atoms with Crippen LogP contribution in [-0.2, 0) is 14.8 Å². The molecule has 0 saturated carbocycles. The van der Waals surface area contributed by atoms with Crippen molar-refractivity contribution in [2.75, 3.05) is 11.4 Å². The Balaban J connectivity index is 2.02.